The molecule has 0 heterocycles. The summed E-state index contributed by atoms with van der Waals surface area (Å²) in [5.41, 5.74) is 1.66. The van der Waals surface area contributed by atoms with Crippen LogP contribution in [0.4, 0.5) is 5.69 Å². The quantitative estimate of drug-likeness (QED) is 0.463. The average Bonchev–Trinajstić information content (AvgIpc) is 2.66. The van der Waals surface area contributed by atoms with Crippen LogP contribution in [0.5, 0.6) is 0 Å². The summed E-state index contributed by atoms with van der Waals surface area (Å²) in [7, 11) is 1.32. The first kappa shape index (κ1) is 19.0. The minimum absolute atomic E-state index is 0.0869. The smallest absolute Gasteiger partial charge is 0.337 e. The van der Waals surface area contributed by atoms with Gasteiger partial charge in [0.1, 0.15) is 11.6 Å². The number of halogens is 1. The number of hydrogen-bond donors (Lipinski definition) is 2. The molecular formula is C19H16ClN3O3. The summed E-state index contributed by atoms with van der Waals surface area (Å²) in [6.45, 7) is 0.381. The highest BCUT2D eigenvalue weighted by Crippen LogP contribution is 2.20. The second kappa shape index (κ2) is 9.25. The van der Waals surface area contributed by atoms with Gasteiger partial charge in [0.2, 0.25) is 0 Å². The topological polar surface area (TPSA) is 91.2 Å². The van der Waals surface area contributed by atoms with Crippen LogP contribution in [0.25, 0.3) is 0 Å². The summed E-state index contributed by atoms with van der Waals surface area (Å²) in [6.07, 6.45) is 1.33. The summed E-state index contributed by atoms with van der Waals surface area (Å²) in [5.74, 6) is -0.971. The van der Waals surface area contributed by atoms with E-state index in [9.17, 15) is 9.59 Å². The Morgan fingerprint density at radius 3 is 2.50 bits per heavy atom. The predicted molar refractivity (Wildman–Crippen MR) is 98.4 cm³/mol. The third-order valence-corrected chi connectivity index (χ3v) is 3.74. The van der Waals surface area contributed by atoms with Crippen molar-refractivity contribution >= 4 is 29.2 Å². The van der Waals surface area contributed by atoms with Crippen LogP contribution in [0, 0.1) is 11.3 Å². The van der Waals surface area contributed by atoms with Crippen molar-refractivity contribution in [2.75, 3.05) is 12.4 Å². The van der Waals surface area contributed by atoms with Crippen molar-refractivity contribution in [2.24, 2.45) is 0 Å². The number of carbonyl (C=O) groups is 2. The molecule has 0 saturated carbocycles. The minimum Gasteiger partial charge on any atom is -0.465 e. The van der Waals surface area contributed by atoms with E-state index < -0.39 is 11.9 Å². The number of carbonyl (C=O) groups excluding carboxylic acids is 2. The van der Waals surface area contributed by atoms with Crippen molar-refractivity contribution in [3.05, 3.63) is 76.5 Å². The van der Waals surface area contributed by atoms with Gasteiger partial charge in [-0.05, 0) is 29.8 Å². The van der Waals surface area contributed by atoms with Crippen LogP contribution >= 0.6 is 11.6 Å². The molecule has 2 aromatic carbocycles. The largest absolute Gasteiger partial charge is 0.465 e. The maximum Gasteiger partial charge on any atom is 0.337 e. The number of nitrogens with zero attached hydrogens (tertiary/aromatic N) is 1. The van der Waals surface area contributed by atoms with Gasteiger partial charge in [-0.25, -0.2) is 4.79 Å². The molecule has 6 nitrogen and oxygen atoms in total. The molecule has 0 unspecified atom stereocenters. The van der Waals surface area contributed by atoms with Crippen LogP contribution in [-0.4, -0.2) is 19.0 Å². The van der Waals surface area contributed by atoms with E-state index in [4.69, 9.17) is 16.9 Å². The molecule has 0 bridgehead atoms. The third kappa shape index (κ3) is 5.10. The highest BCUT2D eigenvalue weighted by molar-refractivity contribution is 6.33. The first-order valence-electron chi connectivity index (χ1n) is 7.62. The van der Waals surface area contributed by atoms with Crippen molar-refractivity contribution in [1.29, 1.82) is 5.26 Å². The van der Waals surface area contributed by atoms with E-state index in [2.05, 4.69) is 15.4 Å². The van der Waals surface area contributed by atoms with E-state index in [1.54, 1.807) is 48.5 Å². The molecule has 0 spiro atoms. The number of anilines is 1. The number of methoxy groups -OCH3 is 1. The molecule has 0 aromatic heterocycles. The standard InChI is InChI=1S/C19H16ClN3O3/c1-26-19(25)14-8-6-13(7-9-14)11-22-12-15(10-21)18(24)23-17-5-3-2-4-16(17)20/h2-9,12,22H,11H2,1H3,(H,23,24)/b15-12-. The molecule has 2 aromatic rings. The van der Waals surface area contributed by atoms with E-state index in [1.165, 1.54) is 13.3 Å². The molecule has 2 rings (SSSR count). The number of para-hydroxylation sites is 1. The van der Waals surface area contributed by atoms with Gasteiger partial charge in [-0.15, -0.1) is 0 Å². The molecule has 0 radical (unpaired) electrons. The number of nitrogens with one attached hydrogen (secondary N) is 2. The predicted octanol–water partition coefficient (Wildman–Crippen LogP) is 3.26. The highest BCUT2D eigenvalue weighted by Gasteiger charge is 2.11. The van der Waals surface area contributed by atoms with Gasteiger partial charge in [0.15, 0.2) is 0 Å². The maximum atomic E-state index is 12.1. The minimum atomic E-state index is -0.561. The number of amides is 1. The van der Waals surface area contributed by atoms with E-state index in [0.717, 1.165) is 5.56 Å². The van der Waals surface area contributed by atoms with Gasteiger partial charge in [0.25, 0.3) is 5.91 Å². The Morgan fingerprint density at radius 1 is 1.19 bits per heavy atom. The summed E-state index contributed by atoms with van der Waals surface area (Å²) >= 11 is 5.98. The Morgan fingerprint density at radius 2 is 1.88 bits per heavy atom. The fourth-order valence-electron chi connectivity index (χ4n) is 2.05. The Balaban J connectivity index is 1.97. The van der Waals surface area contributed by atoms with Crippen molar-refractivity contribution < 1.29 is 14.3 Å². The van der Waals surface area contributed by atoms with Gasteiger partial charge >= 0.3 is 5.97 Å². The Bertz CT molecular complexity index is 870. The van der Waals surface area contributed by atoms with Crippen molar-refractivity contribution in [1.82, 2.24) is 5.32 Å². The lowest BCUT2D eigenvalue weighted by molar-refractivity contribution is -0.112. The first-order chi connectivity index (χ1) is 12.5. The number of rotatable bonds is 6. The molecule has 0 atom stereocenters. The van der Waals surface area contributed by atoms with Crippen LogP contribution < -0.4 is 10.6 Å². The number of ether oxygens (including phenoxy) is 1. The monoisotopic (exact) mass is 369 g/mol. The average molecular weight is 370 g/mol. The summed E-state index contributed by atoms with van der Waals surface area (Å²) in [5, 5.41) is 15.0. The Hall–Kier alpha value is -3.30. The molecule has 7 heteroatoms. The van der Waals surface area contributed by atoms with E-state index in [0.29, 0.717) is 22.8 Å². The fraction of sp³-hybridized carbons (Fsp3) is 0.105. The van der Waals surface area contributed by atoms with Crippen LogP contribution in [0.2, 0.25) is 5.02 Å². The van der Waals surface area contributed by atoms with Gasteiger partial charge in [-0.3, -0.25) is 4.79 Å². The second-order valence-corrected chi connectivity index (χ2v) is 5.58. The first-order valence-corrected chi connectivity index (χ1v) is 7.99. The molecular weight excluding hydrogens is 354 g/mol. The Kier molecular flexibility index (Phi) is 6.77. The lowest BCUT2D eigenvalue weighted by Crippen LogP contribution is -2.16. The van der Waals surface area contributed by atoms with Crippen LogP contribution in [-0.2, 0) is 16.1 Å². The molecule has 2 N–H and O–H groups in total. The van der Waals surface area contributed by atoms with Crippen molar-refractivity contribution in [3.63, 3.8) is 0 Å². The number of hydrogen-bond acceptors (Lipinski definition) is 5. The molecule has 0 fully saturated rings. The maximum absolute atomic E-state index is 12.1. The number of benzene rings is 2. The van der Waals surface area contributed by atoms with Gasteiger partial charge in [-0.2, -0.15) is 5.26 Å². The molecule has 0 aliphatic carbocycles. The number of esters is 1. The van der Waals surface area contributed by atoms with Crippen LogP contribution in [0.3, 0.4) is 0 Å². The Labute approximate surface area is 156 Å². The molecule has 0 saturated heterocycles. The van der Waals surface area contributed by atoms with Gasteiger partial charge in [0, 0.05) is 12.7 Å². The number of nitriles is 1. The second-order valence-electron chi connectivity index (χ2n) is 5.17. The van der Waals surface area contributed by atoms with Gasteiger partial charge in [0.05, 0.1) is 23.4 Å². The van der Waals surface area contributed by atoms with Crippen LogP contribution in [0.15, 0.2) is 60.3 Å². The molecule has 0 aliphatic heterocycles. The summed E-state index contributed by atoms with van der Waals surface area (Å²) < 4.78 is 4.63. The highest BCUT2D eigenvalue weighted by atomic mass is 35.5. The van der Waals surface area contributed by atoms with Gasteiger partial charge in [-0.1, -0.05) is 35.9 Å². The zero-order valence-corrected chi connectivity index (χ0v) is 14.7. The zero-order chi connectivity index (χ0) is 18.9. The van der Waals surface area contributed by atoms with E-state index in [1.807, 2.05) is 6.07 Å². The summed E-state index contributed by atoms with van der Waals surface area (Å²) in [6, 6.07) is 15.4. The van der Waals surface area contributed by atoms with Crippen molar-refractivity contribution in [2.45, 2.75) is 6.54 Å². The SMILES string of the molecule is COC(=O)c1ccc(CN/C=C(/C#N)C(=O)Nc2ccccc2Cl)cc1. The molecule has 26 heavy (non-hydrogen) atoms. The lowest BCUT2D eigenvalue weighted by atomic mass is 10.1. The molecule has 1 amide bonds. The fourth-order valence-corrected chi connectivity index (χ4v) is 2.23. The third-order valence-electron chi connectivity index (χ3n) is 3.41. The normalized spacial score (nSPS) is 10.6. The lowest BCUT2D eigenvalue weighted by Gasteiger charge is -2.07. The van der Waals surface area contributed by atoms with Gasteiger partial charge < -0.3 is 15.4 Å². The summed E-state index contributed by atoms with van der Waals surface area (Å²) in [4.78, 5) is 23.5. The van der Waals surface area contributed by atoms with E-state index >= 15 is 0 Å². The van der Waals surface area contributed by atoms with Crippen molar-refractivity contribution in [3.8, 4) is 6.07 Å². The van der Waals surface area contributed by atoms with Crippen LogP contribution in [0.1, 0.15) is 15.9 Å². The van der Waals surface area contributed by atoms with E-state index in [-0.39, 0.29) is 5.57 Å². The zero-order valence-electron chi connectivity index (χ0n) is 14.0. The molecule has 132 valence electrons. The molecule has 0 aliphatic rings.